The molecule has 2 heterocycles. The molecule has 0 radical (unpaired) electrons. The number of hydrogen-bond donors (Lipinski definition) is 0. The molecule has 2 amide bonds. The fourth-order valence-electron chi connectivity index (χ4n) is 4.17. The Morgan fingerprint density at radius 1 is 1.08 bits per heavy atom. The highest BCUT2D eigenvalue weighted by Gasteiger charge is 2.32. The largest absolute Gasteiger partial charge is 0.454 e. The Balaban J connectivity index is 1.25. The minimum atomic E-state index is -0.251. The Hall–Kier alpha value is -2.84. The van der Waals surface area contributed by atoms with Crippen molar-refractivity contribution in [3.8, 4) is 11.5 Å². The number of nitrogens with zero attached hydrogens (tertiary/aromatic N) is 2. The first-order chi connectivity index (χ1) is 17.2. The number of carbonyl (C=O) groups excluding carboxylic acids is 2. The summed E-state index contributed by atoms with van der Waals surface area (Å²) in [5.41, 5.74) is 1.75. The van der Waals surface area contributed by atoms with Crippen LogP contribution in [0.1, 0.15) is 57.6 Å². The molecule has 190 valence electrons. The lowest BCUT2D eigenvalue weighted by molar-refractivity contribution is -0.137. The normalized spacial score (nSPS) is 16.2. The molecular formula is C28H32N2O4S2. The zero-order valence-electron chi connectivity index (χ0n) is 21.0. The number of rotatable bonds is 9. The quantitative estimate of drug-likeness (QED) is 0.228. The molecule has 2 aromatic carbocycles. The third-order valence-corrected chi connectivity index (χ3v) is 7.51. The Labute approximate surface area is 222 Å². The van der Waals surface area contributed by atoms with E-state index in [1.807, 2.05) is 47.4 Å². The lowest BCUT2D eigenvalue weighted by atomic mass is 10.0. The Kier molecular flexibility index (Phi) is 8.36. The first kappa shape index (κ1) is 26.2. The molecule has 0 bridgehead atoms. The van der Waals surface area contributed by atoms with Crippen molar-refractivity contribution < 1.29 is 19.1 Å². The van der Waals surface area contributed by atoms with Crippen LogP contribution in [0.25, 0.3) is 6.08 Å². The van der Waals surface area contributed by atoms with Crippen LogP contribution in [0.3, 0.4) is 0 Å². The molecule has 0 spiro atoms. The van der Waals surface area contributed by atoms with E-state index in [4.69, 9.17) is 21.7 Å². The van der Waals surface area contributed by atoms with Gasteiger partial charge >= 0.3 is 0 Å². The molecule has 0 aromatic heterocycles. The summed E-state index contributed by atoms with van der Waals surface area (Å²) in [6.07, 6.45) is 4.76. The SMILES string of the molecule is CC(C)(C)N(Cc1ccccc1)C(=O)CCCCCN1C(=O)/C(=C/c2ccc3c(c2)OCO3)SC1=S. The topological polar surface area (TPSA) is 59.1 Å². The summed E-state index contributed by atoms with van der Waals surface area (Å²) < 4.78 is 11.3. The smallest absolute Gasteiger partial charge is 0.266 e. The standard InChI is InChI=1S/C28H32N2O4S2/c1-28(2,3)30(18-20-10-6-4-7-11-20)25(31)12-8-5-9-15-29-26(32)24(36-27(29)35)17-21-13-14-22-23(16-21)34-19-33-22/h4,6-7,10-11,13-14,16-17H,5,8-9,12,15,18-19H2,1-3H3/b24-17-. The predicted molar refractivity (Wildman–Crippen MR) is 148 cm³/mol. The van der Waals surface area contributed by atoms with E-state index in [2.05, 4.69) is 32.9 Å². The number of fused-ring (bicyclic) bond motifs is 1. The van der Waals surface area contributed by atoms with Crippen LogP contribution in [-0.4, -0.2) is 44.8 Å². The molecule has 0 saturated carbocycles. The van der Waals surface area contributed by atoms with Crippen LogP contribution in [0.4, 0.5) is 0 Å². The molecule has 2 aliphatic rings. The van der Waals surface area contributed by atoms with Crippen LogP contribution in [0.5, 0.6) is 11.5 Å². The first-order valence-electron chi connectivity index (χ1n) is 12.2. The summed E-state index contributed by atoms with van der Waals surface area (Å²) in [5.74, 6) is 1.48. The van der Waals surface area contributed by atoms with Crippen LogP contribution in [0, 0.1) is 0 Å². The molecule has 0 unspecified atom stereocenters. The second kappa shape index (κ2) is 11.5. The summed E-state index contributed by atoms with van der Waals surface area (Å²) in [7, 11) is 0. The van der Waals surface area contributed by atoms with Crippen molar-refractivity contribution in [3.05, 3.63) is 64.6 Å². The molecule has 36 heavy (non-hydrogen) atoms. The van der Waals surface area contributed by atoms with Gasteiger partial charge < -0.3 is 14.4 Å². The number of hydrogen-bond acceptors (Lipinski definition) is 6. The molecule has 0 aliphatic carbocycles. The number of thiocarbonyl (C=S) groups is 1. The van der Waals surface area contributed by atoms with E-state index in [9.17, 15) is 9.59 Å². The van der Waals surface area contributed by atoms with Gasteiger partial charge in [-0.25, -0.2) is 0 Å². The molecule has 1 fully saturated rings. The number of carbonyl (C=O) groups is 2. The zero-order chi connectivity index (χ0) is 25.7. The van der Waals surface area contributed by atoms with Crippen LogP contribution in [-0.2, 0) is 16.1 Å². The molecule has 2 aromatic rings. The summed E-state index contributed by atoms with van der Waals surface area (Å²) in [6.45, 7) is 7.59. The van der Waals surface area contributed by atoms with Gasteiger partial charge in [0.05, 0.1) is 4.91 Å². The maximum absolute atomic E-state index is 13.0. The van der Waals surface area contributed by atoms with Crippen LogP contribution in [0.2, 0.25) is 0 Å². The summed E-state index contributed by atoms with van der Waals surface area (Å²) in [5, 5.41) is 0. The average molecular weight is 525 g/mol. The molecule has 6 nitrogen and oxygen atoms in total. The Bertz CT molecular complexity index is 1160. The predicted octanol–water partition coefficient (Wildman–Crippen LogP) is 6.00. The maximum atomic E-state index is 13.0. The van der Waals surface area contributed by atoms with E-state index in [-0.39, 0.29) is 24.1 Å². The first-order valence-corrected chi connectivity index (χ1v) is 13.4. The van der Waals surface area contributed by atoms with Crippen molar-refractivity contribution in [1.82, 2.24) is 9.80 Å². The van der Waals surface area contributed by atoms with Gasteiger partial charge in [-0.3, -0.25) is 14.5 Å². The lowest BCUT2D eigenvalue weighted by Gasteiger charge is -2.36. The number of unbranched alkanes of at least 4 members (excludes halogenated alkanes) is 2. The highest BCUT2D eigenvalue weighted by atomic mass is 32.2. The van der Waals surface area contributed by atoms with E-state index in [1.165, 1.54) is 11.8 Å². The molecular weight excluding hydrogens is 492 g/mol. The zero-order valence-corrected chi connectivity index (χ0v) is 22.6. The molecule has 0 atom stereocenters. The maximum Gasteiger partial charge on any atom is 0.266 e. The van der Waals surface area contributed by atoms with Gasteiger partial charge in [0.15, 0.2) is 11.5 Å². The van der Waals surface area contributed by atoms with Gasteiger partial charge in [0.2, 0.25) is 12.7 Å². The van der Waals surface area contributed by atoms with E-state index in [1.54, 1.807) is 4.90 Å². The molecule has 8 heteroatoms. The van der Waals surface area contributed by atoms with Crippen LogP contribution >= 0.6 is 24.0 Å². The Morgan fingerprint density at radius 3 is 2.58 bits per heavy atom. The minimum Gasteiger partial charge on any atom is -0.454 e. The summed E-state index contributed by atoms with van der Waals surface area (Å²) >= 11 is 6.79. The highest BCUT2D eigenvalue weighted by Crippen LogP contribution is 2.36. The van der Waals surface area contributed by atoms with Gasteiger partial charge in [-0.15, -0.1) is 0 Å². The fraction of sp³-hybridized carbons (Fsp3) is 0.393. The molecule has 2 aliphatic heterocycles. The third-order valence-electron chi connectivity index (χ3n) is 6.13. The van der Waals surface area contributed by atoms with E-state index in [0.29, 0.717) is 40.2 Å². The molecule has 0 N–H and O–H groups in total. The second-order valence-corrected chi connectivity index (χ2v) is 11.6. The van der Waals surface area contributed by atoms with Crippen molar-refractivity contribution in [2.45, 2.75) is 58.5 Å². The number of thioether (sulfide) groups is 1. The molecule has 4 rings (SSSR count). The van der Waals surface area contributed by atoms with E-state index in [0.717, 1.165) is 30.4 Å². The van der Waals surface area contributed by atoms with Gasteiger partial charge in [0.1, 0.15) is 4.32 Å². The van der Waals surface area contributed by atoms with Crippen molar-refractivity contribution in [3.63, 3.8) is 0 Å². The minimum absolute atomic E-state index is 0.0690. The Morgan fingerprint density at radius 2 is 1.83 bits per heavy atom. The third kappa shape index (κ3) is 6.48. The second-order valence-electron chi connectivity index (χ2n) is 9.89. The van der Waals surface area contributed by atoms with E-state index < -0.39 is 0 Å². The lowest BCUT2D eigenvalue weighted by Crippen LogP contribution is -2.45. The fourth-order valence-corrected chi connectivity index (χ4v) is 5.48. The number of ether oxygens (including phenoxy) is 2. The van der Waals surface area contributed by atoms with Crippen molar-refractivity contribution >= 4 is 46.2 Å². The molecule has 1 saturated heterocycles. The van der Waals surface area contributed by atoms with Gasteiger partial charge in [-0.1, -0.05) is 66.8 Å². The summed E-state index contributed by atoms with van der Waals surface area (Å²) in [6, 6.07) is 15.7. The van der Waals surface area contributed by atoms with E-state index >= 15 is 0 Å². The van der Waals surface area contributed by atoms with Crippen LogP contribution < -0.4 is 9.47 Å². The highest BCUT2D eigenvalue weighted by molar-refractivity contribution is 8.26. The monoisotopic (exact) mass is 524 g/mol. The average Bonchev–Trinajstić information content (AvgIpc) is 3.41. The van der Waals surface area contributed by atoms with Crippen LogP contribution in [0.15, 0.2) is 53.4 Å². The van der Waals surface area contributed by atoms with Crippen molar-refractivity contribution in [2.24, 2.45) is 0 Å². The van der Waals surface area contributed by atoms with Gasteiger partial charge in [0.25, 0.3) is 5.91 Å². The number of amides is 2. The van der Waals surface area contributed by atoms with Gasteiger partial charge in [-0.05, 0) is 62.9 Å². The number of benzene rings is 2. The van der Waals surface area contributed by atoms with Crippen molar-refractivity contribution in [1.29, 1.82) is 0 Å². The van der Waals surface area contributed by atoms with Crippen molar-refractivity contribution in [2.75, 3.05) is 13.3 Å². The van der Waals surface area contributed by atoms with Gasteiger partial charge in [0, 0.05) is 25.0 Å². The van der Waals surface area contributed by atoms with Gasteiger partial charge in [-0.2, -0.15) is 0 Å². The summed E-state index contributed by atoms with van der Waals surface area (Å²) in [4.78, 5) is 30.2.